The standard InChI is InChI=1S/C13H18N2O4/c1-3-5-8-14(4-2)12-7-6-10(15(18)19)9-11(12)13(16)17/h6-7,9H,3-5,8H2,1-2H3,(H,16,17). The summed E-state index contributed by atoms with van der Waals surface area (Å²) >= 11 is 0. The number of unbranched alkanes of at least 4 members (excludes halogenated alkanes) is 1. The van der Waals surface area contributed by atoms with Crippen LogP contribution < -0.4 is 4.90 Å². The van der Waals surface area contributed by atoms with Crippen LogP contribution in [0.4, 0.5) is 11.4 Å². The highest BCUT2D eigenvalue weighted by Crippen LogP contribution is 2.26. The second kappa shape index (κ2) is 6.72. The van der Waals surface area contributed by atoms with Gasteiger partial charge in [0, 0.05) is 25.2 Å². The van der Waals surface area contributed by atoms with Crippen LogP contribution in [0.15, 0.2) is 18.2 Å². The maximum absolute atomic E-state index is 11.2. The van der Waals surface area contributed by atoms with Crippen LogP contribution in [0.5, 0.6) is 0 Å². The number of hydrogen-bond acceptors (Lipinski definition) is 4. The van der Waals surface area contributed by atoms with Crippen LogP contribution in [-0.2, 0) is 0 Å². The van der Waals surface area contributed by atoms with E-state index in [9.17, 15) is 20.0 Å². The molecule has 19 heavy (non-hydrogen) atoms. The third-order valence-corrected chi connectivity index (χ3v) is 2.93. The van der Waals surface area contributed by atoms with E-state index in [0.29, 0.717) is 12.2 Å². The number of hydrogen-bond donors (Lipinski definition) is 1. The number of benzene rings is 1. The molecule has 0 radical (unpaired) electrons. The molecule has 1 rings (SSSR count). The number of nitro groups is 1. The molecule has 0 unspecified atom stereocenters. The molecule has 0 bridgehead atoms. The zero-order valence-electron chi connectivity index (χ0n) is 11.1. The van der Waals surface area contributed by atoms with E-state index in [-0.39, 0.29) is 11.3 Å². The Balaban J connectivity index is 3.17. The maximum atomic E-state index is 11.2. The zero-order valence-corrected chi connectivity index (χ0v) is 11.1. The number of nitrogens with zero attached hydrogens (tertiary/aromatic N) is 2. The molecule has 0 atom stereocenters. The van der Waals surface area contributed by atoms with Gasteiger partial charge in [-0.05, 0) is 19.4 Å². The summed E-state index contributed by atoms with van der Waals surface area (Å²) in [5.74, 6) is -1.14. The van der Waals surface area contributed by atoms with E-state index in [1.165, 1.54) is 12.1 Å². The Morgan fingerprint density at radius 1 is 1.42 bits per heavy atom. The lowest BCUT2D eigenvalue weighted by Crippen LogP contribution is -2.25. The molecule has 1 aromatic rings. The van der Waals surface area contributed by atoms with E-state index >= 15 is 0 Å². The number of nitro benzene ring substituents is 1. The fourth-order valence-electron chi connectivity index (χ4n) is 1.88. The predicted molar refractivity (Wildman–Crippen MR) is 72.9 cm³/mol. The number of anilines is 1. The number of carboxylic acids is 1. The molecular formula is C13H18N2O4. The van der Waals surface area contributed by atoms with Gasteiger partial charge in [0.15, 0.2) is 0 Å². The quantitative estimate of drug-likeness (QED) is 0.606. The molecule has 0 saturated carbocycles. The lowest BCUT2D eigenvalue weighted by molar-refractivity contribution is -0.384. The average Bonchev–Trinajstić information content (AvgIpc) is 2.39. The van der Waals surface area contributed by atoms with Crippen molar-refractivity contribution in [3.05, 3.63) is 33.9 Å². The lowest BCUT2D eigenvalue weighted by atomic mass is 10.1. The summed E-state index contributed by atoms with van der Waals surface area (Å²) in [6.07, 6.45) is 1.95. The maximum Gasteiger partial charge on any atom is 0.338 e. The molecule has 0 spiro atoms. The van der Waals surface area contributed by atoms with Gasteiger partial charge in [-0.25, -0.2) is 4.79 Å². The van der Waals surface area contributed by atoms with Crippen LogP contribution in [-0.4, -0.2) is 29.1 Å². The Morgan fingerprint density at radius 2 is 2.11 bits per heavy atom. The van der Waals surface area contributed by atoms with E-state index in [1.54, 1.807) is 0 Å². The molecule has 0 amide bonds. The lowest BCUT2D eigenvalue weighted by Gasteiger charge is -2.24. The highest BCUT2D eigenvalue weighted by atomic mass is 16.6. The Kier molecular flexibility index (Phi) is 5.29. The summed E-state index contributed by atoms with van der Waals surface area (Å²) in [4.78, 5) is 23.3. The van der Waals surface area contributed by atoms with Crippen molar-refractivity contribution >= 4 is 17.3 Å². The molecule has 6 heteroatoms. The van der Waals surface area contributed by atoms with Crippen LogP contribution in [0, 0.1) is 10.1 Å². The van der Waals surface area contributed by atoms with E-state index < -0.39 is 10.9 Å². The number of carbonyl (C=O) groups is 1. The fraction of sp³-hybridized carbons (Fsp3) is 0.462. The minimum Gasteiger partial charge on any atom is -0.478 e. The summed E-state index contributed by atoms with van der Waals surface area (Å²) in [5, 5.41) is 19.9. The van der Waals surface area contributed by atoms with Crippen LogP contribution in [0.2, 0.25) is 0 Å². The van der Waals surface area contributed by atoms with E-state index in [1.807, 2.05) is 11.8 Å². The van der Waals surface area contributed by atoms with Crippen LogP contribution in [0.3, 0.4) is 0 Å². The van der Waals surface area contributed by atoms with Crippen molar-refractivity contribution in [2.24, 2.45) is 0 Å². The fourth-order valence-corrected chi connectivity index (χ4v) is 1.88. The molecule has 0 heterocycles. The minimum atomic E-state index is -1.14. The second-order valence-electron chi connectivity index (χ2n) is 4.20. The molecule has 0 saturated heterocycles. The van der Waals surface area contributed by atoms with E-state index in [0.717, 1.165) is 25.5 Å². The molecule has 0 aromatic heterocycles. The van der Waals surface area contributed by atoms with Gasteiger partial charge in [-0.2, -0.15) is 0 Å². The van der Waals surface area contributed by atoms with Gasteiger partial charge in [0.05, 0.1) is 16.2 Å². The van der Waals surface area contributed by atoms with Crippen molar-refractivity contribution in [2.45, 2.75) is 26.7 Å². The largest absolute Gasteiger partial charge is 0.478 e. The van der Waals surface area contributed by atoms with Crippen LogP contribution >= 0.6 is 0 Å². The Labute approximate surface area is 111 Å². The summed E-state index contributed by atoms with van der Waals surface area (Å²) in [6, 6.07) is 3.98. The first-order chi connectivity index (χ1) is 9.01. The monoisotopic (exact) mass is 266 g/mol. The number of non-ortho nitro benzene ring substituents is 1. The first-order valence-electron chi connectivity index (χ1n) is 6.27. The zero-order chi connectivity index (χ0) is 14.4. The molecule has 1 N–H and O–H groups in total. The summed E-state index contributed by atoms with van der Waals surface area (Å²) < 4.78 is 0. The summed E-state index contributed by atoms with van der Waals surface area (Å²) in [5.41, 5.74) is 0.314. The van der Waals surface area contributed by atoms with Gasteiger partial charge in [0.25, 0.3) is 5.69 Å². The topological polar surface area (TPSA) is 83.7 Å². The molecule has 6 nitrogen and oxygen atoms in total. The molecule has 0 aliphatic carbocycles. The molecular weight excluding hydrogens is 248 g/mol. The Hall–Kier alpha value is -2.11. The highest BCUT2D eigenvalue weighted by molar-refractivity contribution is 5.95. The SMILES string of the molecule is CCCCN(CC)c1ccc([N+](=O)[O-])cc1C(=O)O. The van der Waals surface area contributed by atoms with Crippen molar-refractivity contribution in [1.82, 2.24) is 0 Å². The van der Waals surface area contributed by atoms with Gasteiger partial charge in [0.1, 0.15) is 0 Å². The first kappa shape index (κ1) is 14.9. The second-order valence-corrected chi connectivity index (χ2v) is 4.20. The molecule has 1 aromatic carbocycles. The Bertz CT molecular complexity index is 474. The van der Waals surface area contributed by atoms with Gasteiger partial charge in [-0.3, -0.25) is 10.1 Å². The number of carboxylic acid groups (broad SMARTS) is 1. The van der Waals surface area contributed by atoms with Crippen molar-refractivity contribution < 1.29 is 14.8 Å². The van der Waals surface area contributed by atoms with Gasteiger partial charge in [-0.15, -0.1) is 0 Å². The van der Waals surface area contributed by atoms with Gasteiger partial charge in [0.2, 0.25) is 0 Å². The van der Waals surface area contributed by atoms with Gasteiger partial charge in [-0.1, -0.05) is 13.3 Å². The molecule has 104 valence electrons. The predicted octanol–water partition coefficient (Wildman–Crippen LogP) is 2.92. The molecule has 0 aliphatic rings. The Morgan fingerprint density at radius 3 is 2.58 bits per heavy atom. The average molecular weight is 266 g/mol. The van der Waals surface area contributed by atoms with E-state index in [2.05, 4.69) is 6.92 Å². The van der Waals surface area contributed by atoms with Crippen LogP contribution in [0.1, 0.15) is 37.0 Å². The first-order valence-corrected chi connectivity index (χ1v) is 6.27. The summed E-state index contributed by atoms with van der Waals surface area (Å²) in [7, 11) is 0. The van der Waals surface area contributed by atoms with Crippen molar-refractivity contribution in [2.75, 3.05) is 18.0 Å². The highest BCUT2D eigenvalue weighted by Gasteiger charge is 2.19. The summed E-state index contributed by atoms with van der Waals surface area (Å²) in [6.45, 7) is 5.40. The van der Waals surface area contributed by atoms with Crippen molar-refractivity contribution in [1.29, 1.82) is 0 Å². The number of aromatic carboxylic acids is 1. The van der Waals surface area contributed by atoms with E-state index in [4.69, 9.17) is 0 Å². The normalized spacial score (nSPS) is 10.2. The molecule has 0 aliphatic heterocycles. The van der Waals surface area contributed by atoms with Crippen LogP contribution in [0.25, 0.3) is 0 Å². The number of rotatable bonds is 7. The minimum absolute atomic E-state index is 0.0212. The van der Waals surface area contributed by atoms with Crippen molar-refractivity contribution in [3.63, 3.8) is 0 Å². The third-order valence-electron chi connectivity index (χ3n) is 2.93. The molecule has 0 fully saturated rings. The van der Waals surface area contributed by atoms with Gasteiger partial charge >= 0.3 is 5.97 Å². The van der Waals surface area contributed by atoms with Crippen molar-refractivity contribution in [3.8, 4) is 0 Å². The van der Waals surface area contributed by atoms with Gasteiger partial charge < -0.3 is 10.0 Å². The third kappa shape index (κ3) is 3.67. The smallest absolute Gasteiger partial charge is 0.338 e.